The number of imidazole rings is 1. The number of aliphatic hydroxyl groups is 1. The third-order valence-electron chi connectivity index (χ3n) is 13.2. The van der Waals surface area contributed by atoms with Crippen LogP contribution in [0.25, 0.3) is 11.3 Å². The minimum atomic E-state index is -1.39. The maximum atomic E-state index is 14.7. The zero-order chi connectivity index (χ0) is 43.7. The van der Waals surface area contributed by atoms with Crippen molar-refractivity contribution in [3.8, 4) is 11.3 Å². The second-order valence-electron chi connectivity index (χ2n) is 18.4. The topological polar surface area (TPSA) is 163 Å². The number of cyclic esters (lactones) is 1. The molecule has 0 bridgehead atoms. The molecule has 2 aromatic rings. The number of fused-ring (bicyclic) bond motifs is 1. The van der Waals surface area contributed by atoms with Crippen molar-refractivity contribution in [1.82, 2.24) is 24.3 Å². The molecule has 3 fully saturated rings. The Balaban J connectivity index is 0.00000794. The predicted molar refractivity (Wildman–Crippen MR) is 222 cm³/mol. The number of nitrogens with zero attached hydrogens (tertiary/aromatic N) is 5. The van der Waals surface area contributed by atoms with Gasteiger partial charge in [-0.2, -0.15) is 6.92 Å². The second-order valence-corrected chi connectivity index (χ2v) is 18.4. The Morgan fingerprint density at radius 3 is 2.32 bits per heavy atom. The molecule has 0 spiro atoms. The van der Waals surface area contributed by atoms with Crippen LogP contribution in [0.1, 0.15) is 106 Å². The molecule has 1 amide bonds. The Kier molecular flexibility index (Phi) is 17.4. The van der Waals surface area contributed by atoms with Crippen LogP contribution in [-0.2, 0) is 39.9 Å². The average Bonchev–Trinajstić information content (AvgIpc) is 3.62. The van der Waals surface area contributed by atoms with E-state index in [2.05, 4.69) is 9.55 Å². The third kappa shape index (κ3) is 10.5. The first-order chi connectivity index (χ1) is 27.6. The average molecular weight is 909 g/mol. The van der Waals surface area contributed by atoms with Gasteiger partial charge in [0.1, 0.15) is 23.8 Å². The zero-order valence-corrected chi connectivity index (χ0v) is 43.4. The number of aromatic nitrogens is 3. The number of aliphatic hydroxyl groups excluding tert-OH is 1. The van der Waals surface area contributed by atoms with Crippen LogP contribution < -0.4 is 58.2 Å². The van der Waals surface area contributed by atoms with E-state index in [9.17, 15) is 24.3 Å². The fourth-order valence-electron chi connectivity index (χ4n) is 10.1. The number of rotatable bonds is 10. The van der Waals surface area contributed by atoms with Crippen molar-refractivity contribution >= 4 is 23.6 Å². The number of hydrogen-bond donors (Lipinski definition) is 1. The minimum Gasteiger partial charge on any atom is -0.480 e. The van der Waals surface area contributed by atoms with Gasteiger partial charge in [-0.25, -0.2) is 15.7 Å². The standard InChI is InChI=1S/C45H68N5O9.Rb/c1-14-34-45(11)39(50(43(55)59-45)21-16-15-20-49-30(7)35(47-31(49)8)32-18-17-19-46-24-32)27(4)36(51)25(2)23-44(9,10)40(28(5)37(52)29(6)41(54)57-34)58-42-38(53)33(48(12)13)22-26(3)56-42;/h17-19,24-28,33-34,38-40,42,53H,14-16,20-23H2,1-13H3;/q-1;+1/t25-,26-,27+,28+,33+,34-,38-,39-,40-,42+,45-;/m1./s1. The van der Waals surface area contributed by atoms with Gasteiger partial charge in [0.25, 0.3) is 0 Å². The molecule has 0 aliphatic carbocycles. The number of unbranched alkanes of at least 4 members (excludes halogenated alkanes) is 1. The smallest absolute Gasteiger partial charge is 0.480 e. The SMILES string of the molecule is CC[C@H]1OC(=O)[C-](C)C(=O)[C@H](C)[C@@H](O[C@@H]2O[C@H](C)C[C@H](N(C)C)[C@H]2O)C(C)(C)C[C@@H](C)C(=O)[C@H](C)[C@H]2N(CCCCn3c(C)nc(-c4cccnc4)c3C)C(=O)O[C@]12C.[Rb+]. The Bertz CT molecular complexity index is 1820. The van der Waals surface area contributed by atoms with Crippen molar-refractivity contribution in [2.24, 2.45) is 23.2 Å². The molecule has 0 saturated carbocycles. The quantitative estimate of drug-likeness (QED) is 0.211. The Labute approximate surface area is 406 Å². The van der Waals surface area contributed by atoms with Crippen molar-refractivity contribution < 1.29 is 101 Å². The van der Waals surface area contributed by atoms with Gasteiger partial charge >= 0.3 is 64.3 Å². The molecule has 1 N–H and O–H groups in total. The van der Waals surface area contributed by atoms with E-state index in [0.29, 0.717) is 32.4 Å². The molecule has 3 saturated heterocycles. The van der Waals surface area contributed by atoms with E-state index in [1.807, 2.05) is 86.5 Å². The van der Waals surface area contributed by atoms with Crippen LogP contribution in [0.3, 0.4) is 0 Å². The van der Waals surface area contributed by atoms with Crippen LogP contribution in [0.2, 0.25) is 0 Å². The summed E-state index contributed by atoms with van der Waals surface area (Å²) in [5.74, 6) is -2.72. The van der Waals surface area contributed by atoms with Gasteiger partial charge in [0.15, 0.2) is 17.9 Å². The van der Waals surface area contributed by atoms with Gasteiger partial charge in [-0.15, -0.1) is 0 Å². The first-order valence-electron chi connectivity index (χ1n) is 21.4. The number of ether oxygens (including phenoxy) is 4. The summed E-state index contributed by atoms with van der Waals surface area (Å²) in [4.78, 5) is 69.5. The molecule has 14 nitrogen and oxygen atoms in total. The van der Waals surface area contributed by atoms with Gasteiger partial charge in [0.2, 0.25) is 0 Å². The van der Waals surface area contributed by atoms with E-state index >= 15 is 0 Å². The van der Waals surface area contributed by atoms with Gasteiger partial charge in [-0.05, 0) is 91.4 Å². The number of Topliss-reactive ketones (excluding diaryl/α,β-unsaturated/α-hetero) is 2. The molecule has 15 heteroatoms. The Morgan fingerprint density at radius 2 is 1.70 bits per heavy atom. The monoisotopic (exact) mass is 907 g/mol. The van der Waals surface area contributed by atoms with Gasteiger partial charge in [-0.3, -0.25) is 14.6 Å². The van der Waals surface area contributed by atoms with E-state index in [1.165, 1.54) is 6.92 Å². The van der Waals surface area contributed by atoms with Crippen LogP contribution in [0.5, 0.6) is 0 Å². The second kappa shape index (κ2) is 20.6. The molecule has 328 valence electrons. The number of likely N-dealkylation sites (N-methyl/N-ethyl adjacent to an activating group) is 1. The molecule has 5 heterocycles. The number of carbonyl (C=O) groups excluding carboxylic acids is 4. The molecule has 2 aromatic heterocycles. The number of esters is 1. The summed E-state index contributed by atoms with van der Waals surface area (Å²) >= 11 is 0. The minimum absolute atomic E-state index is 0. The molecule has 0 unspecified atom stereocenters. The molecule has 3 aliphatic heterocycles. The summed E-state index contributed by atoms with van der Waals surface area (Å²) in [5.41, 5.74) is 0.642. The summed E-state index contributed by atoms with van der Waals surface area (Å²) in [6.45, 7) is 21.2. The van der Waals surface area contributed by atoms with E-state index in [-0.39, 0.29) is 88.5 Å². The summed E-state index contributed by atoms with van der Waals surface area (Å²) in [6, 6.07) is 2.87. The fourth-order valence-corrected chi connectivity index (χ4v) is 10.1. The van der Waals surface area contributed by atoms with E-state index in [1.54, 1.807) is 31.1 Å². The Hall–Kier alpha value is -2.04. The van der Waals surface area contributed by atoms with Crippen molar-refractivity contribution in [3.05, 3.63) is 42.0 Å². The van der Waals surface area contributed by atoms with Crippen molar-refractivity contribution in [1.29, 1.82) is 0 Å². The van der Waals surface area contributed by atoms with Crippen LogP contribution in [0, 0.1) is 42.9 Å². The van der Waals surface area contributed by atoms with Crippen LogP contribution >= 0.6 is 0 Å². The van der Waals surface area contributed by atoms with E-state index in [0.717, 1.165) is 29.2 Å². The molecular weight excluding hydrogens is 840 g/mol. The van der Waals surface area contributed by atoms with Gasteiger partial charge in [0, 0.05) is 66.3 Å². The molecule has 0 aromatic carbocycles. The van der Waals surface area contributed by atoms with E-state index in [4.69, 9.17) is 23.9 Å². The normalized spacial score (nSPS) is 32.9. The summed E-state index contributed by atoms with van der Waals surface area (Å²) in [7, 11) is 3.78. The molecule has 0 radical (unpaired) electrons. The molecule has 60 heavy (non-hydrogen) atoms. The summed E-state index contributed by atoms with van der Waals surface area (Å²) < 4.78 is 27.3. The maximum absolute atomic E-state index is 14.7. The van der Waals surface area contributed by atoms with Crippen LogP contribution in [0.4, 0.5) is 4.79 Å². The van der Waals surface area contributed by atoms with Gasteiger partial charge in [-0.1, -0.05) is 41.5 Å². The Morgan fingerprint density at radius 1 is 1.03 bits per heavy atom. The maximum Gasteiger partial charge on any atom is 1.00 e. The van der Waals surface area contributed by atoms with Crippen molar-refractivity contribution in [3.63, 3.8) is 0 Å². The van der Waals surface area contributed by atoms with Crippen LogP contribution in [-0.4, -0.2) is 122 Å². The summed E-state index contributed by atoms with van der Waals surface area (Å²) in [5, 5.41) is 11.4. The van der Waals surface area contributed by atoms with Gasteiger partial charge < -0.3 is 43.2 Å². The largest absolute Gasteiger partial charge is 1.00 e. The molecular formula is C45H68N5O9Rb. The summed E-state index contributed by atoms with van der Waals surface area (Å²) in [6.07, 6.45) is 1.38. The number of pyridine rings is 1. The predicted octanol–water partition coefficient (Wildman–Crippen LogP) is 3.13. The number of amides is 1. The van der Waals surface area contributed by atoms with Crippen molar-refractivity contribution in [2.45, 2.75) is 163 Å². The number of ketones is 2. The first kappa shape index (κ1) is 50.6. The van der Waals surface area contributed by atoms with Crippen LogP contribution in [0.15, 0.2) is 24.5 Å². The van der Waals surface area contributed by atoms with E-state index < -0.39 is 77.3 Å². The number of hydrogen-bond acceptors (Lipinski definition) is 12. The zero-order valence-electron chi connectivity index (χ0n) is 38.5. The molecule has 3 aliphatic rings. The van der Waals surface area contributed by atoms with Crippen molar-refractivity contribution in [2.75, 3.05) is 20.6 Å². The number of aryl methyl sites for hydroxylation is 1. The first-order valence-corrected chi connectivity index (χ1v) is 21.4. The van der Waals surface area contributed by atoms with Gasteiger partial charge in [0.05, 0.1) is 23.9 Å². The molecule has 11 atom stereocenters. The third-order valence-corrected chi connectivity index (χ3v) is 13.2. The number of carbonyl (C=O) groups is 4. The molecule has 5 rings (SSSR count). The fraction of sp³-hybridized carbons (Fsp3) is 0.711.